The molecule has 0 aromatic carbocycles. The largest absolute Gasteiger partial charge is 0.316 e. The van der Waals surface area contributed by atoms with E-state index >= 15 is 0 Å². The lowest BCUT2D eigenvalue weighted by Gasteiger charge is -2.16. The van der Waals surface area contributed by atoms with Gasteiger partial charge >= 0.3 is 0 Å². The van der Waals surface area contributed by atoms with Gasteiger partial charge in [0.05, 0.1) is 12.3 Å². The van der Waals surface area contributed by atoms with Crippen molar-refractivity contribution < 1.29 is 5.21 Å². The van der Waals surface area contributed by atoms with Crippen LogP contribution >= 0.6 is 0 Å². The second kappa shape index (κ2) is 4.69. The van der Waals surface area contributed by atoms with Crippen LogP contribution in [0, 0.1) is 0 Å². The van der Waals surface area contributed by atoms with Crippen LogP contribution in [-0.4, -0.2) is 17.5 Å². The van der Waals surface area contributed by atoms with E-state index in [1.807, 2.05) is 12.4 Å². The second-order valence-corrected chi connectivity index (χ2v) is 2.03. The van der Waals surface area contributed by atoms with Crippen LogP contribution in [0.3, 0.4) is 0 Å². The molecule has 0 saturated heterocycles. The van der Waals surface area contributed by atoms with Crippen molar-refractivity contribution in [2.75, 3.05) is 0 Å². The van der Waals surface area contributed by atoms with Gasteiger partial charge in [0.15, 0.2) is 0 Å². The molecule has 0 amide bonds. The molecule has 0 heterocycles. The Labute approximate surface area is 55.4 Å². The summed E-state index contributed by atoms with van der Waals surface area (Å²) in [5, 5.41) is 11.2. The van der Waals surface area contributed by atoms with Crippen LogP contribution in [0.15, 0.2) is 0 Å². The Balaban J connectivity index is 3.22. The highest BCUT2D eigenvalue weighted by atomic mass is 16.5. The number of nitrogens with one attached hydrogen (secondary N) is 2. The fraction of sp³-hybridized carbons (Fsp3) is 1.00. The maximum Gasteiger partial charge on any atom is 0.0793 e. The topological polar surface area (TPSA) is 70.3 Å². The highest BCUT2D eigenvalue weighted by Gasteiger charge is 2.01. The zero-order chi connectivity index (χ0) is 7.28. The normalized spacial score (nSPS) is 17.3. The van der Waals surface area contributed by atoms with Gasteiger partial charge in [0.1, 0.15) is 0 Å². The van der Waals surface area contributed by atoms with Crippen molar-refractivity contribution in [3.8, 4) is 0 Å². The molecule has 0 bridgehead atoms. The summed E-state index contributed by atoms with van der Waals surface area (Å²) in [5.74, 6) is 0. The zero-order valence-corrected chi connectivity index (χ0v) is 5.89. The minimum atomic E-state index is -0.139. The molecule has 4 heteroatoms. The smallest absolute Gasteiger partial charge is 0.0793 e. The molecule has 2 atom stereocenters. The molecule has 0 aliphatic carbocycles. The van der Waals surface area contributed by atoms with Crippen LogP contribution in [-0.2, 0) is 0 Å². The molecule has 0 aromatic rings. The molecule has 56 valence electrons. The summed E-state index contributed by atoms with van der Waals surface area (Å²) in [6, 6.07) is 0. The molecule has 4 nitrogen and oxygen atoms in total. The third-order valence-electron chi connectivity index (χ3n) is 1.10. The first kappa shape index (κ1) is 8.84. The van der Waals surface area contributed by atoms with Crippen LogP contribution in [0.25, 0.3) is 0 Å². The third-order valence-corrected chi connectivity index (χ3v) is 1.10. The van der Waals surface area contributed by atoms with E-state index in [1.165, 1.54) is 0 Å². The van der Waals surface area contributed by atoms with Gasteiger partial charge in [-0.05, 0) is 13.3 Å². The van der Waals surface area contributed by atoms with Gasteiger partial charge in [-0.25, -0.2) is 0 Å². The maximum atomic E-state index is 8.31. The third kappa shape index (κ3) is 4.35. The first-order valence-electron chi connectivity index (χ1n) is 3.12. The van der Waals surface area contributed by atoms with Gasteiger partial charge in [-0.1, -0.05) is 6.92 Å². The fourth-order valence-corrected chi connectivity index (χ4v) is 0.476. The van der Waals surface area contributed by atoms with Gasteiger partial charge in [-0.3, -0.25) is 5.32 Å². The lowest BCUT2D eigenvalue weighted by atomic mass is 10.4. The monoisotopic (exact) mass is 133 g/mol. The van der Waals surface area contributed by atoms with E-state index in [1.54, 1.807) is 6.92 Å². The molecule has 0 aromatic heterocycles. The molecule has 0 fully saturated rings. The molecule has 0 spiro atoms. The molecule has 0 rings (SSSR count). The second-order valence-electron chi connectivity index (χ2n) is 2.03. The maximum absolute atomic E-state index is 8.31. The Morgan fingerprint density at radius 2 is 2.22 bits per heavy atom. The molecule has 0 saturated carbocycles. The Morgan fingerprint density at radius 1 is 1.67 bits per heavy atom. The predicted octanol–water partition coefficient (Wildman–Crippen LogP) is -0.404. The van der Waals surface area contributed by atoms with Crippen molar-refractivity contribution in [2.45, 2.75) is 32.6 Å². The molecule has 0 radical (unpaired) electrons. The predicted molar refractivity (Wildman–Crippen MR) is 35.8 cm³/mol. The molecule has 0 aliphatic rings. The van der Waals surface area contributed by atoms with Crippen molar-refractivity contribution in [2.24, 2.45) is 5.73 Å². The van der Waals surface area contributed by atoms with Gasteiger partial charge in [0.25, 0.3) is 0 Å². The van der Waals surface area contributed by atoms with Crippen LogP contribution in [0.5, 0.6) is 0 Å². The summed E-state index contributed by atoms with van der Waals surface area (Å²) in [5.41, 5.74) is 7.53. The Kier molecular flexibility index (Phi) is 4.61. The van der Waals surface area contributed by atoms with Crippen molar-refractivity contribution in [3.05, 3.63) is 0 Å². The van der Waals surface area contributed by atoms with Crippen molar-refractivity contribution in [1.29, 1.82) is 0 Å². The highest BCUT2D eigenvalue weighted by molar-refractivity contribution is 4.58. The lowest BCUT2D eigenvalue weighted by Crippen LogP contribution is -2.48. The quantitative estimate of drug-likeness (QED) is 0.311. The van der Waals surface area contributed by atoms with Gasteiger partial charge in [-0.15, -0.1) is 0 Å². The zero-order valence-electron chi connectivity index (χ0n) is 5.89. The Hall–Kier alpha value is -0.160. The van der Waals surface area contributed by atoms with Crippen LogP contribution in [0.4, 0.5) is 0 Å². The van der Waals surface area contributed by atoms with E-state index in [9.17, 15) is 0 Å². The molecular formula is C5H15N3O. The standard InChI is InChI=1S/C5H15N3O/c1-3-5(6)7-4(2)8-9/h4-5,7-9H,3,6H2,1-2H3. The first-order chi connectivity index (χ1) is 4.20. The average molecular weight is 133 g/mol. The van der Waals surface area contributed by atoms with Gasteiger partial charge in [-0.2, -0.15) is 5.48 Å². The summed E-state index contributed by atoms with van der Waals surface area (Å²) in [6.45, 7) is 3.76. The van der Waals surface area contributed by atoms with Crippen molar-refractivity contribution >= 4 is 0 Å². The highest BCUT2D eigenvalue weighted by Crippen LogP contribution is 1.81. The molecule has 0 aliphatic heterocycles. The summed E-state index contributed by atoms with van der Waals surface area (Å²) in [4.78, 5) is 0. The van der Waals surface area contributed by atoms with Crippen LogP contribution < -0.4 is 16.5 Å². The first-order valence-corrected chi connectivity index (χ1v) is 3.12. The lowest BCUT2D eigenvalue weighted by molar-refractivity contribution is 0.111. The number of hydroxylamine groups is 1. The number of nitrogens with two attached hydrogens (primary N) is 1. The van der Waals surface area contributed by atoms with Crippen LogP contribution in [0.1, 0.15) is 20.3 Å². The number of hydrogen-bond acceptors (Lipinski definition) is 4. The summed E-state index contributed by atoms with van der Waals surface area (Å²) < 4.78 is 0. The number of hydrogen-bond donors (Lipinski definition) is 4. The SMILES string of the molecule is CCC(N)NC(C)NO. The van der Waals surface area contributed by atoms with E-state index in [-0.39, 0.29) is 12.3 Å². The van der Waals surface area contributed by atoms with Gasteiger partial charge in [0, 0.05) is 0 Å². The molecule has 9 heavy (non-hydrogen) atoms. The van der Waals surface area contributed by atoms with Gasteiger partial charge in [0.2, 0.25) is 0 Å². The molecule has 5 N–H and O–H groups in total. The van der Waals surface area contributed by atoms with Crippen molar-refractivity contribution in [3.63, 3.8) is 0 Å². The molecule has 2 unspecified atom stereocenters. The van der Waals surface area contributed by atoms with E-state index in [2.05, 4.69) is 5.32 Å². The summed E-state index contributed by atoms with van der Waals surface area (Å²) in [6.07, 6.45) is 0.672. The van der Waals surface area contributed by atoms with E-state index < -0.39 is 0 Å². The summed E-state index contributed by atoms with van der Waals surface area (Å²) in [7, 11) is 0. The molecular weight excluding hydrogens is 118 g/mol. The Bertz CT molecular complexity index is 61.2. The van der Waals surface area contributed by atoms with E-state index in [0.29, 0.717) is 0 Å². The minimum Gasteiger partial charge on any atom is -0.316 e. The van der Waals surface area contributed by atoms with Gasteiger partial charge < -0.3 is 10.9 Å². The average Bonchev–Trinajstić information content (AvgIpc) is 1.87. The van der Waals surface area contributed by atoms with Crippen LogP contribution in [0.2, 0.25) is 0 Å². The summed E-state index contributed by atoms with van der Waals surface area (Å²) >= 11 is 0. The van der Waals surface area contributed by atoms with E-state index in [0.717, 1.165) is 6.42 Å². The van der Waals surface area contributed by atoms with Crippen molar-refractivity contribution in [1.82, 2.24) is 10.8 Å². The minimum absolute atomic E-state index is 0.0420. The number of rotatable bonds is 4. The fourth-order valence-electron chi connectivity index (χ4n) is 0.476. The van der Waals surface area contributed by atoms with E-state index in [4.69, 9.17) is 10.9 Å². The Morgan fingerprint density at radius 3 is 2.56 bits per heavy atom.